The molecule has 0 aliphatic carbocycles. The van der Waals surface area contributed by atoms with E-state index < -0.39 is 0 Å². The van der Waals surface area contributed by atoms with Crippen molar-refractivity contribution in [2.45, 2.75) is 52.1 Å². The first kappa shape index (κ1) is 26.8. The summed E-state index contributed by atoms with van der Waals surface area (Å²) in [7, 11) is 1.62. The highest BCUT2D eigenvalue weighted by Crippen LogP contribution is 2.28. The summed E-state index contributed by atoms with van der Waals surface area (Å²) in [6.45, 7) is 9.10. The number of ether oxygens (including phenoxy) is 2. The lowest BCUT2D eigenvalue weighted by atomic mass is 10.0. The van der Waals surface area contributed by atoms with E-state index >= 15 is 0 Å². The van der Waals surface area contributed by atoms with Gasteiger partial charge >= 0.3 is 0 Å². The van der Waals surface area contributed by atoms with Gasteiger partial charge in [0.25, 0.3) is 0 Å². The molecule has 0 radical (unpaired) electrons. The van der Waals surface area contributed by atoms with Crippen molar-refractivity contribution in [1.29, 1.82) is 0 Å². The number of aliphatic hydroxyl groups is 1. The monoisotopic (exact) mass is 534 g/mol. The Morgan fingerprint density at radius 1 is 1.23 bits per heavy atom. The Kier molecular flexibility index (Phi) is 13.9. The van der Waals surface area contributed by atoms with Crippen molar-refractivity contribution in [1.82, 2.24) is 15.5 Å². The van der Waals surface area contributed by atoms with Gasteiger partial charge in [-0.3, -0.25) is 4.90 Å². The topological polar surface area (TPSA) is 78.4 Å². The Labute approximate surface area is 198 Å². The lowest BCUT2D eigenvalue weighted by molar-refractivity contribution is 0.147. The number of likely N-dealkylation sites (tertiary alicyclic amines) is 1. The first-order valence-electron chi connectivity index (χ1n) is 10.9. The highest BCUT2D eigenvalue weighted by atomic mass is 127. The van der Waals surface area contributed by atoms with E-state index in [1.807, 2.05) is 18.2 Å². The minimum absolute atomic E-state index is 0. The van der Waals surface area contributed by atoms with Gasteiger partial charge in [0.05, 0.1) is 20.3 Å². The average Bonchev–Trinajstić information content (AvgIpc) is 2.76. The Balaban J connectivity index is 0.00000450. The highest BCUT2D eigenvalue weighted by molar-refractivity contribution is 14.0. The van der Waals surface area contributed by atoms with Gasteiger partial charge in [-0.25, -0.2) is 4.99 Å². The van der Waals surface area contributed by atoms with Crippen LogP contribution in [0.3, 0.4) is 0 Å². The van der Waals surface area contributed by atoms with E-state index in [1.165, 1.54) is 32.2 Å². The fourth-order valence-corrected chi connectivity index (χ4v) is 3.73. The molecule has 0 saturated carbocycles. The number of methoxy groups -OCH3 is 1. The van der Waals surface area contributed by atoms with Crippen LogP contribution in [0, 0.1) is 0 Å². The van der Waals surface area contributed by atoms with Crippen LogP contribution in [0.15, 0.2) is 23.2 Å². The van der Waals surface area contributed by atoms with Crippen LogP contribution in [0.4, 0.5) is 0 Å². The molecule has 0 aromatic heterocycles. The number of hydrogen-bond acceptors (Lipinski definition) is 5. The van der Waals surface area contributed by atoms with Crippen molar-refractivity contribution in [3.05, 3.63) is 23.8 Å². The van der Waals surface area contributed by atoms with Gasteiger partial charge in [0.15, 0.2) is 17.5 Å². The van der Waals surface area contributed by atoms with E-state index in [9.17, 15) is 0 Å². The summed E-state index contributed by atoms with van der Waals surface area (Å²) in [5.74, 6) is 2.11. The predicted molar refractivity (Wildman–Crippen MR) is 133 cm³/mol. The molecule has 3 N–H and O–H groups in total. The number of nitrogens with zero attached hydrogens (tertiary/aromatic N) is 2. The van der Waals surface area contributed by atoms with Gasteiger partial charge in [0, 0.05) is 25.7 Å². The van der Waals surface area contributed by atoms with Gasteiger partial charge in [-0.15, -0.1) is 24.0 Å². The predicted octanol–water partition coefficient (Wildman–Crippen LogP) is 3.00. The molecule has 1 aliphatic heterocycles. The van der Waals surface area contributed by atoms with Crippen molar-refractivity contribution >= 4 is 29.9 Å². The number of benzene rings is 1. The van der Waals surface area contributed by atoms with E-state index in [1.54, 1.807) is 7.11 Å². The Hall–Kier alpha value is -1.26. The molecule has 1 heterocycles. The third kappa shape index (κ3) is 8.85. The molecule has 1 fully saturated rings. The largest absolute Gasteiger partial charge is 0.493 e. The number of nitrogens with one attached hydrogen (secondary N) is 2. The van der Waals surface area contributed by atoms with Gasteiger partial charge in [-0.2, -0.15) is 0 Å². The molecule has 1 aromatic rings. The maximum absolute atomic E-state index is 8.92. The van der Waals surface area contributed by atoms with Crippen LogP contribution in [0.1, 0.15) is 45.1 Å². The summed E-state index contributed by atoms with van der Waals surface area (Å²) in [6.07, 6.45) is 5.23. The fourth-order valence-electron chi connectivity index (χ4n) is 3.73. The number of aliphatic imine (C=N–C) groups is 1. The number of hydrogen-bond donors (Lipinski definition) is 3. The molecular formula is C22H39IN4O3. The molecule has 1 saturated heterocycles. The minimum atomic E-state index is -0.0245. The SMILES string of the molecule is CCNC(=NCc1ccc(OCCO)c(OC)c1)NCCN1CCCCC1CC.I. The Bertz CT molecular complexity index is 630. The zero-order chi connectivity index (χ0) is 20.9. The molecule has 172 valence electrons. The van der Waals surface area contributed by atoms with Gasteiger partial charge in [-0.05, 0) is 50.4 Å². The van der Waals surface area contributed by atoms with Crippen molar-refractivity contribution in [2.24, 2.45) is 4.99 Å². The molecule has 30 heavy (non-hydrogen) atoms. The smallest absolute Gasteiger partial charge is 0.191 e. The number of halogens is 1. The summed E-state index contributed by atoms with van der Waals surface area (Å²) in [4.78, 5) is 7.32. The quantitative estimate of drug-likeness (QED) is 0.230. The summed E-state index contributed by atoms with van der Waals surface area (Å²) >= 11 is 0. The minimum Gasteiger partial charge on any atom is -0.493 e. The number of rotatable bonds is 11. The van der Waals surface area contributed by atoms with Crippen LogP contribution in [0.2, 0.25) is 0 Å². The van der Waals surface area contributed by atoms with Crippen LogP contribution in [-0.4, -0.2) is 68.5 Å². The zero-order valence-corrected chi connectivity index (χ0v) is 21.0. The third-order valence-electron chi connectivity index (χ3n) is 5.25. The molecule has 1 atom stereocenters. The maximum atomic E-state index is 8.92. The number of guanidine groups is 1. The lowest BCUT2D eigenvalue weighted by Gasteiger charge is -2.35. The maximum Gasteiger partial charge on any atom is 0.191 e. The van der Waals surface area contributed by atoms with E-state index in [0.29, 0.717) is 18.0 Å². The van der Waals surface area contributed by atoms with Crippen molar-refractivity contribution in [2.75, 3.05) is 46.5 Å². The molecule has 2 rings (SSSR count). The van der Waals surface area contributed by atoms with Gasteiger partial charge in [0.2, 0.25) is 0 Å². The fraction of sp³-hybridized carbons (Fsp3) is 0.682. The molecule has 0 amide bonds. The molecular weight excluding hydrogens is 495 g/mol. The van der Waals surface area contributed by atoms with E-state index in [4.69, 9.17) is 19.6 Å². The summed E-state index contributed by atoms with van der Waals surface area (Å²) in [5, 5.41) is 15.7. The van der Waals surface area contributed by atoms with Gasteiger partial charge < -0.3 is 25.2 Å². The van der Waals surface area contributed by atoms with Crippen molar-refractivity contribution < 1.29 is 14.6 Å². The first-order valence-corrected chi connectivity index (χ1v) is 10.9. The second-order valence-electron chi connectivity index (χ2n) is 7.27. The van der Waals surface area contributed by atoms with Gasteiger partial charge in [-0.1, -0.05) is 19.4 Å². The second-order valence-corrected chi connectivity index (χ2v) is 7.27. The van der Waals surface area contributed by atoms with Crippen LogP contribution in [-0.2, 0) is 6.54 Å². The summed E-state index contributed by atoms with van der Waals surface area (Å²) in [6, 6.07) is 6.49. The average molecular weight is 534 g/mol. The van der Waals surface area contributed by atoms with Crippen LogP contribution < -0.4 is 20.1 Å². The summed E-state index contributed by atoms with van der Waals surface area (Å²) < 4.78 is 10.9. The molecule has 0 bridgehead atoms. The Morgan fingerprint density at radius 2 is 2.07 bits per heavy atom. The number of piperidine rings is 1. The van der Waals surface area contributed by atoms with Crippen molar-refractivity contribution in [3.63, 3.8) is 0 Å². The molecule has 1 unspecified atom stereocenters. The van der Waals surface area contributed by atoms with Crippen LogP contribution in [0.5, 0.6) is 11.5 Å². The normalized spacial score (nSPS) is 17.2. The molecule has 7 nitrogen and oxygen atoms in total. The molecule has 0 spiro atoms. The lowest BCUT2D eigenvalue weighted by Crippen LogP contribution is -2.45. The van der Waals surface area contributed by atoms with Crippen molar-refractivity contribution in [3.8, 4) is 11.5 Å². The van der Waals surface area contributed by atoms with E-state index in [2.05, 4.69) is 29.4 Å². The molecule has 8 heteroatoms. The zero-order valence-electron chi connectivity index (χ0n) is 18.7. The van der Waals surface area contributed by atoms with E-state index in [0.717, 1.165) is 37.2 Å². The highest BCUT2D eigenvalue weighted by Gasteiger charge is 2.19. The standard InChI is InChI=1S/C22H38N4O3.HI/c1-4-19-8-6-7-12-26(19)13-11-24-22(23-5-2)25-17-18-9-10-20(29-15-14-27)21(16-18)28-3;/h9-10,16,19,27H,4-8,11-15,17H2,1-3H3,(H2,23,24,25);1H. The third-order valence-corrected chi connectivity index (χ3v) is 5.25. The van der Waals surface area contributed by atoms with E-state index in [-0.39, 0.29) is 37.2 Å². The molecule has 1 aliphatic rings. The molecule has 1 aromatic carbocycles. The Morgan fingerprint density at radius 3 is 2.77 bits per heavy atom. The van der Waals surface area contributed by atoms with Crippen LogP contribution in [0.25, 0.3) is 0 Å². The number of aliphatic hydroxyl groups excluding tert-OH is 1. The van der Waals surface area contributed by atoms with Gasteiger partial charge in [0.1, 0.15) is 6.61 Å². The first-order chi connectivity index (χ1) is 14.2. The second kappa shape index (κ2) is 15.5. The van der Waals surface area contributed by atoms with Crippen LogP contribution >= 0.6 is 24.0 Å². The summed E-state index contributed by atoms with van der Waals surface area (Å²) in [5.41, 5.74) is 1.04.